The van der Waals surface area contributed by atoms with Crippen molar-refractivity contribution in [2.24, 2.45) is 0 Å². The molecule has 2 rings (SSSR count). The maximum Gasteiger partial charge on any atom is 0.409 e. The number of benzene rings is 1. The van der Waals surface area contributed by atoms with E-state index in [1.54, 1.807) is 4.90 Å². The molecule has 20 heavy (non-hydrogen) atoms. The number of nitrogens with one attached hydrogen (secondary N) is 1. The van der Waals surface area contributed by atoms with Gasteiger partial charge >= 0.3 is 6.09 Å². The van der Waals surface area contributed by atoms with E-state index >= 15 is 0 Å². The second-order valence-corrected chi connectivity index (χ2v) is 5.27. The molecular weight excluding hydrogens is 252 g/mol. The molecule has 0 saturated carbocycles. The second-order valence-electron chi connectivity index (χ2n) is 5.27. The second kappa shape index (κ2) is 7.29. The van der Waals surface area contributed by atoms with Gasteiger partial charge in [-0.2, -0.15) is 0 Å². The predicted molar refractivity (Wildman–Crippen MR) is 79.6 cm³/mol. The zero-order valence-corrected chi connectivity index (χ0v) is 12.4. The number of amides is 1. The Morgan fingerprint density at radius 3 is 2.70 bits per heavy atom. The third kappa shape index (κ3) is 3.97. The van der Waals surface area contributed by atoms with Gasteiger partial charge in [-0.05, 0) is 37.8 Å². The molecule has 110 valence electrons. The van der Waals surface area contributed by atoms with Crippen LogP contribution in [0.5, 0.6) is 0 Å². The number of ether oxygens (including phenoxy) is 1. The fourth-order valence-corrected chi connectivity index (χ4v) is 2.54. The lowest BCUT2D eigenvalue weighted by atomic mass is 10.0. The minimum Gasteiger partial charge on any atom is -0.450 e. The topological polar surface area (TPSA) is 41.6 Å². The molecule has 0 radical (unpaired) electrons. The quantitative estimate of drug-likeness (QED) is 0.919. The van der Waals surface area contributed by atoms with Crippen molar-refractivity contribution in [2.45, 2.75) is 39.3 Å². The number of aryl methyl sites for hydroxylation is 1. The Hall–Kier alpha value is -1.55. The molecule has 0 atom stereocenters. The number of nitrogens with zero attached hydrogens (tertiary/aromatic N) is 1. The Labute approximate surface area is 121 Å². The molecule has 1 aliphatic heterocycles. The molecule has 1 aromatic carbocycles. The molecule has 1 aromatic rings. The highest BCUT2D eigenvalue weighted by molar-refractivity contribution is 5.67. The zero-order valence-electron chi connectivity index (χ0n) is 12.4. The van der Waals surface area contributed by atoms with Crippen LogP contribution in [0.4, 0.5) is 4.79 Å². The monoisotopic (exact) mass is 276 g/mol. The Balaban J connectivity index is 1.75. The summed E-state index contributed by atoms with van der Waals surface area (Å²) < 4.78 is 5.03. The molecule has 0 aliphatic carbocycles. The van der Waals surface area contributed by atoms with E-state index in [9.17, 15) is 4.79 Å². The minimum absolute atomic E-state index is 0.176. The van der Waals surface area contributed by atoms with Crippen molar-refractivity contribution in [3.05, 3.63) is 35.4 Å². The summed E-state index contributed by atoms with van der Waals surface area (Å²) in [6.07, 6.45) is 1.81. The van der Waals surface area contributed by atoms with Gasteiger partial charge in [0.15, 0.2) is 0 Å². The van der Waals surface area contributed by atoms with Gasteiger partial charge in [0, 0.05) is 25.7 Å². The van der Waals surface area contributed by atoms with E-state index in [1.165, 1.54) is 11.1 Å². The lowest BCUT2D eigenvalue weighted by Crippen LogP contribution is -2.44. The first kappa shape index (κ1) is 14.9. The lowest BCUT2D eigenvalue weighted by Gasteiger charge is -2.31. The summed E-state index contributed by atoms with van der Waals surface area (Å²) in [6, 6.07) is 8.93. The number of piperidine rings is 1. The Bertz CT molecular complexity index is 440. The third-order valence-electron chi connectivity index (χ3n) is 3.86. The van der Waals surface area contributed by atoms with Crippen molar-refractivity contribution in [1.82, 2.24) is 10.2 Å². The molecule has 0 aromatic heterocycles. The van der Waals surface area contributed by atoms with Crippen LogP contribution in [-0.4, -0.2) is 36.7 Å². The summed E-state index contributed by atoms with van der Waals surface area (Å²) >= 11 is 0. The van der Waals surface area contributed by atoms with Crippen molar-refractivity contribution in [3.8, 4) is 0 Å². The maximum atomic E-state index is 11.6. The van der Waals surface area contributed by atoms with Crippen molar-refractivity contribution < 1.29 is 9.53 Å². The first-order valence-electron chi connectivity index (χ1n) is 7.40. The number of rotatable bonds is 4. The van der Waals surface area contributed by atoms with Gasteiger partial charge in [-0.25, -0.2) is 4.79 Å². The van der Waals surface area contributed by atoms with Crippen LogP contribution in [0.3, 0.4) is 0 Å². The van der Waals surface area contributed by atoms with Crippen LogP contribution in [0, 0.1) is 6.92 Å². The van der Waals surface area contributed by atoms with Crippen LogP contribution >= 0.6 is 0 Å². The van der Waals surface area contributed by atoms with Crippen molar-refractivity contribution >= 4 is 6.09 Å². The molecule has 4 heteroatoms. The molecule has 0 bridgehead atoms. The van der Waals surface area contributed by atoms with Gasteiger partial charge in [0.05, 0.1) is 6.61 Å². The van der Waals surface area contributed by atoms with Gasteiger partial charge in [-0.1, -0.05) is 24.3 Å². The zero-order chi connectivity index (χ0) is 14.4. The van der Waals surface area contributed by atoms with E-state index < -0.39 is 0 Å². The molecular formula is C16H24N2O2. The average Bonchev–Trinajstić information content (AvgIpc) is 2.47. The molecule has 0 unspecified atom stereocenters. The Kier molecular flexibility index (Phi) is 5.41. The predicted octanol–water partition coefficient (Wildman–Crippen LogP) is 2.71. The molecule has 1 heterocycles. The fraction of sp³-hybridized carbons (Fsp3) is 0.562. The van der Waals surface area contributed by atoms with E-state index in [-0.39, 0.29) is 6.09 Å². The van der Waals surface area contributed by atoms with Crippen LogP contribution in [0.1, 0.15) is 30.9 Å². The summed E-state index contributed by atoms with van der Waals surface area (Å²) in [6.45, 7) is 6.89. The van der Waals surface area contributed by atoms with Gasteiger partial charge in [0.2, 0.25) is 0 Å². The number of hydrogen-bond donors (Lipinski definition) is 1. The molecule has 4 nitrogen and oxygen atoms in total. The lowest BCUT2D eigenvalue weighted by molar-refractivity contribution is 0.0950. The van der Waals surface area contributed by atoms with Crippen molar-refractivity contribution in [2.75, 3.05) is 19.7 Å². The number of carbonyl (C=O) groups is 1. The van der Waals surface area contributed by atoms with Gasteiger partial charge in [-0.15, -0.1) is 0 Å². The number of carbonyl (C=O) groups excluding carboxylic acids is 1. The smallest absolute Gasteiger partial charge is 0.409 e. The van der Waals surface area contributed by atoms with Crippen molar-refractivity contribution in [1.29, 1.82) is 0 Å². The standard InChI is InChI=1S/C16H24N2O2/c1-3-20-16(19)18-10-8-15(9-11-18)17-12-14-7-5-4-6-13(14)2/h4-7,15,17H,3,8-12H2,1-2H3. The van der Waals surface area contributed by atoms with Gasteiger partial charge in [0.1, 0.15) is 0 Å². The van der Waals surface area contributed by atoms with Crippen molar-refractivity contribution in [3.63, 3.8) is 0 Å². The first-order chi connectivity index (χ1) is 9.70. The van der Waals surface area contributed by atoms with E-state index in [0.29, 0.717) is 12.6 Å². The van der Waals surface area contributed by atoms with Crippen LogP contribution in [0.25, 0.3) is 0 Å². The highest BCUT2D eigenvalue weighted by Crippen LogP contribution is 2.13. The van der Waals surface area contributed by atoms with E-state index in [0.717, 1.165) is 32.5 Å². The number of hydrogen-bond acceptors (Lipinski definition) is 3. The van der Waals surface area contributed by atoms with Gasteiger partial charge < -0.3 is 15.0 Å². The summed E-state index contributed by atoms with van der Waals surface area (Å²) in [5.41, 5.74) is 2.67. The normalized spacial score (nSPS) is 16.2. The Morgan fingerprint density at radius 2 is 2.05 bits per heavy atom. The van der Waals surface area contributed by atoms with Crippen LogP contribution in [0.2, 0.25) is 0 Å². The molecule has 0 spiro atoms. The molecule has 1 amide bonds. The molecule has 1 aliphatic rings. The highest BCUT2D eigenvalue weighted by Gasteiger charge is 2.23. The third-order valence-corrected chi connectivity index (χ3v) is 3.86. The van der Waals surface area contributed by atoms with E-state index in [2.05, 4.69) is 36.5 Å². The minimum atomic E-state index is -0.176. The average molecular weight is 276 g/mol. The molecule has 1 N–H and O–H groups in total. The molecule has 1 fully saturated rings. The molecule has 1 saturated heterocycles. The fourth-order valence-electron chi connectivity index (χ4n) is 2.54. The van der Waals surface area contributed by atoms with Crippen LogP contribution < -0.4 is 5.32 Å². The van der Waals surface area contributed by atoms with Crippen LogP contribution in [0.15, 0.2) is 24.3 Å². The summed E-state index contributed by atoms with van der Waals surface area (Å²) in [7, 11) is 0. The van der Waals surface area contributed by atoms with Gasteiger partial charge in [-0.3, -0.25) is 0 Å². The van der Waals surface area contributed by atoms with E-state index in [1.807, 2.05) is 6.92 Å². The summed E-state index contributed by atoms with van der Waals surface area (Å²) in [4.78, 5) is 13.4. The SMILES string of the molecule is CCOC(=O)N1CCC(NCc2ccccc2C)CC1. The summed E-state index contributed by atoms with van der Waals surface area (Å²) in [5.74, 6) is 0. The largest absolute Gasteiger partial charge is 0.450 e. The number of likely N-dealkylation sites (tertiary alicyclic amines) is 1. The summed E-state index contributed by atoms with van der Waals surface area (Å²) in [5, 5.41) is 3.59. The van der Waals surface area contributed by atoms with E-state index in [4.69, 9.17) is 4.74 Å². The van der Waals surface area contributed by atoms with Gasteiger partial charge in [0.25, 0.3) is 0 Å². The first-order valence-corrected chi connectivity index (χ1v) is 7.40. The highest BCUT2D eigenvalue weighted by atomic mass is 16.6. The Morgan fingerprint density at radius 1 is 1.35 bits per heavy atom. The van der Waals surface area contributed by atoms with Crippen LogP contribution in [-0.2, 0) is 11.3 Å². The maximum absolute atomic E-state index is 11.6.